The van der Waals surface area contributed by atoms with Crippen molar-refractivity contribution >= 4 is 68.2 Å². The maximum absolute atomic E-state index is 8.97. The normalized spacial score (nSPS) is 10.2. The van der Waals surface area contributed by atoms with Gasteiger partial charge < -0.3 is 22.0 Å². The molecule has 0 aliphatic rings. The summed E-state index contributed by atoms with van der Waals surface area (Å²) in [6.07, 6.45) is 0. The minimum Gasteiger partial charge on any atom is -0.697 e. The second-order valence-electron chi connectivity index (χ2n) is 2.23. The van der Waals surface area contributed by atoms with E-state index in [4.69, 9.17) is 9.79 Å². The van der Waals surface area contributed by atoms with Crippen LogP contribution in [0.1, 0.15) is 20.8 Å². The molecule has 0 saturated carbocycles. The topological polar surface area (TPSA) is 40.5 Å². The second kappa shape index (κ2) is 14.3. The van der Waals surface area contributed by atoms with E-state index in [2.05, 4.69) is 37.1 Å². The molecule has 0 bridgehead atoms. The molecule has 9 heteroatoms. The SMILES string of the molecule is CCS(CC)=P(O)(O)[S-].CCSC(=S)S.[Na+]. The van der Waals surface area contributed by atoms with Crippen LogP contribution in [0.3, 0.4) is 0 Å². The summed E-state index contributed by atoms with van der Waals surface area (Å²) in [5.74, 6) is 2.61. The van der Waals surface area contributed by atoms with Crippen LogP contribution in [0, 0.1) is 0 Å². The van der Waals surface area contributed by atoms with E-state index in [1.807, 2.05) is 20.8 Å². The third-order valence-corrected chi connectivity index (χ3v) is 10.0. The van der Waals surface area contributed by atoms with Gasteiger partial charge in [0.2, 0.25) is 0 Å². The Labute approximate surface area is 144 Å². The van der Waals surface area contributed by atoms with Gasteiger partial charge in [-0.1, -0.05) is 33.0 Å². The fraction of sp³-hybridized carbons (Fsp3) is 0.857. The van der Waals surface area contributed by atoms with Crippen molar-refractivity contribution in [2.45, 2.75) is 20.8 Å². The van der Waals surface area contributed by atoms with Gasteiger partial charge in [0.1, 0.15) is 3.53 Å². The number of thioether (sulfide) groups is 1. The molecule has 0 radical (unpaired) electrons. The Morgan fingerprint density at radius 3 is 1.75 bits per heavy atom. The summed E-state index contributed by atoms with van der Waals surface area (Å²) in [6.45, 7) is 5.91. The Bertz CT molecular complexity index is 229. The van der Waals surface area contributed by atoms with Crippen molar-refractivity contribution in [1.82, 2.24) is 0 Å². The van der Waals surface area contributed by atoms with Crippen LogP contribution in [0.4, 0.5) is 0 Å². The van der Waals surface area contributed by atoms with Gasteiger partial charge in [0.05, 0.1) is 0 Å². The summed E-state index contributed by atoms with van der Waals surface area (Å²) < 4.78 is 0.734. The number of rotatable bonds is 3. The third kappa shape index (κ3) is 16.8. The first-order chi connectivity index (χ1) is 6.79. The summed E-state index contributed by atoms with van der Waals surface area (Å²) in [5, 5.41) is 0. The molecule has 0 atom stereocenters. The molecule has 0 rings (SSSR count). The average Bonchev–Trinajstić information content (AvgIpc) is 2.04. The molecule has 0 spiro atoms. The van der Waals surface area contributed by atoms with E-state index in [1.165, 1.54) is 0 Å². The molecule has 2 N–H and O–H groups in total. The first-order valence-electron chi connectivity index (χ1n) is 4.38. The smallest absolute Gasteiger partial charge is 0.697 e. The Hall–Kier alpha value is 2.84. The monoisotopic (exact) mass is 348 g/mol. The molecule has 0 aromatic carbocycles. The first-order valence-corrected chi connectivity index (χ1v) is 11.1. The van der Waals surface area contributed by atoms with E-state index in [0.29, 0.717) is 0 Å². The van der Waals surface area contributed by atoms with Crippen molar-refractivity contribution in [3.63, 3.8) is 0 Å². The Balaban J connectivity index is -0.000000214. The zero-order valence-corrected chi connectivity index (χ0v) is 17.1. The van der Waals surface area contributed by atoms with Crippen molar-refractivity contribution in [3.8, 4) is 0 Å². The molecule has 0 fully saturated rings. The van der Waals surface area contributed by atoms with E-state index < -0.39 is 5.69 Å². The van der Waals surface area contributed by atoms with Gasteiger partial charge in [-0.05, 0) is 17.3 Å². The fourth-order valence-electron chi connectivity index (χ4n) is 0.664. The Morgan fingerprint density at radius 1 is 1.38 bits per heavy atom. The molecule has 16 heavy (non-hydrogen) atoms. The molecule has 0 aromatic rings. The molecule has 0 saturated heterocycles. The van der Waals surface area contributed by atoms with Crippen LogP contribution in [-0.4, -0.2) is 30.6 Å². The van der Waals surface area contributed by atoms with Gasteiger partial charge in [-0.3, -0.25) is 0 Å². The van der Waals surface area contributed by atoms with E-state index in [-0.39, 0.29) is 39.6 Å². The van der Waals surface area contributed by atoms with Crippen LogP contribution >= 0.6 is 42.3 Å². The zero-order chi connectivity index (χ0) is 12.5. The Kier molecular flexibility index (Phi) is 21.3. The number of hydrogen-bond acceptors (Lipinski definition) is 3. The maximum atomic E-state index is 8.97. The quantitative estimate of drug-likeness (QED) is 0.217. The van der Waals surface area contributed by atoms with Gasteiger partial charge >= 0.3 is 29.6 Å². The molecular weight excluding hydrogens is 330 g/mol. The standard InChI is InChI=1S/C4H12O2PS2.C3H6S3.Na/c1-3-9(4-2)7(5,6)8;1-2-6-3(4)5;/h3-4H2,1-2H3,(H2-,5,6,8);2H2,1H3,(H,4,5);/q-1;;+1. The largest absolute Gasteiger partial charge is 1.00 e. The summed E-state index contributed by atoms with van der Waals surface area (Å²) in [6, 6.07) is 0. The van der Waals surface area contributed by atoms with Gasteiger partial charge in [0, 0.05) is 5.69 Å². The number of thiol groups is 1. The third-order valence-electron chi connectivity index (χ3n) is 1.27. The Morgan fingerprint density at radius 2 is 1.75 bits per heavy atom. The minimum absolute atomic E-state index is 0. The van der Waals surface area contributed by atoms with Crippen LogP contribution < -0.4 is 29.6 Å². The molecule has 0 aliphatic carbocycles. The van der Waals surface area contributed by atoms with Gasteiger partial charge in [-0.2, -0.15) is 10.1 Å². The first kappa shape index (κ1) is 23.9. The van der Waals surface area contributed by atoms with E-state index in [9.17, 15) is 0 Å². The average molecular weight is 349 g/mol. The maximum Gasteiger partial charge on any atom is 1.00 e. The zero-order valence-electron chi connectivity index (χ0n) is 10.0. The van der Waals surface area contributed by atoms with Crippen molar-refractivity contribution in [2.24, 2.45) is 0 Å². The molecule has 0 aliphatic heterocycles. The van der Waals surface area contributed by atoms with Crippen molar-refractivity contribution in [3.05, 3.63) is 0 Å². The van der Waals surface area contributed by atoms with Crippen LogP contribution in [0.2, 0.25) is 0 Å². The van der Waals surface area contributed by atoms with Crippen LogP contribution in [0.15, 0.2) is 0 Å². The molecule has 2 nitrogen and oxygen atoms in total. The molecular formula is C7H18NaO2PS5. The summed E-state index contributed by atoms with van der Waals surface area (Å²) >= 11 is 14.6. The molecule has 0 heterocycles. The van der Waals surface area contributed by atoms with E-state index in [0.717, 1.165) is 20.8 Å². The number of thiocarbonyl (C=S) groups is 1. The number of hydrogen-bond donors (Lipinski definition) is 3. The predicted molar refractivity (Wildman–Crippen MR) is 86.9 cm³/mol. The minimum atomic E-state index is -2.91. The molecule has 94 valence electrons. The van der Waals surface area contributed by atoms with Crippen LogP contribution in [-0.2, 0) is 22.3 Å². The van der Waals surface area contributed by atoms with Crippen molar-refractivity contribution in [1.29, 1.82) is 0 Å². The van der Waals surface area contributed by atoms with Gasteiger partial charge in [-0.25, -0.2) is 0 Å². The second-order valence-corrected chi connectivity index (χ2v) is 13.6. The molecule has 0 unspecified atom stereocenters. The molecule has 0 amide bonds. The van der Waals surface area contributed by atoms with Crippen molar-refractivity contribution in [2.75, 3.05) is 17.3 Å². The van der Waals surface area contributed by atoms with Crippen LogP contribution in [0.25, 0.3) is 0 Å². The predicted octanol–water partition coefficient (Wildman–Crippen LogP) is -0.188. The molecule has 0 aromatic heterocycles. The van der Waals surface area contributed by atoms with E-state index >= 15 is 0 Å². The van der Waals surface area contributed by atoms with Crippen LogP contribution in [0.5, 0.6) is 0 Å². The summed E-state index contributed by atoms with van der Waals surface area (Å²) in [7, 11) is -0.319. The van der Waals surface area contributed by atoms with E-state index in [1.54, 1.807) is 11.8 Å². The van der Waals surface area contributed by atoms with Crippen molar-refractivity contribution < 1.29 is 39.3 Å². The summed E-state index contributed by atoms with van der Waals surface area (Å²) in [4.78, 5) is 17.9. The van der Waals surface area contributed by atoms with Gasteiger partial charge in [0.25, 0.3) is 0 Å². The summed E-state index contributed by atoms with van der Waals surface area (Å²) in [5.41, 5.74) is -2.91. The van der Waals surface area contributed by atoms with Gasteiger partial charge in [0.15, 0.2) is 0 Å². The van der Waals surface area contributed by atoms with Gasteiger partial charge in [-0.15, -0.1) is 24.4 Å². The fourth-order valence-corrected chi connectivity index (χ4v) is 6.65.